The SMILES string of the molecule is Cc1ccccc1N(O)C(=O)c1ccc2ccccc2c1. The number of nitrogens with zero attached hydrogens (tertiary/aromatic N) is 1. The van der Waals surface area contributed by atoms with Gasteiger partial charge >= 0.3 is 0 Å². The quantitative estimate of drug-likeness (QED) is 0.563. The Bertz CT molecular complexity index is 811. The number of anilines is 1. The van der Waals surface area contributed by atoms with Crippen LogP contribution in [0, 0.1) is 6.92 Å². The number of para-hydroxylation sites is 1. The molecule has 0 aliphatic heterocycles. The molecular weight excluding hydrogens is 262 g/mol. The van der Waals surface area contributed by atoms with Crippen molar-refractivity contribution in [3.8, 4) is 0 Å². The van der Waals surface area contributed by atoms with Crippen LogP contribution in [0.4, 0.5) is 5.69 Å². The van der Waals surface area contributed by atoms with Crippen molar-refractivity contribution in [2.75, 3.05) is 5.06 Å². The van der Waals surface area contributed by atoms with Gasteiger partial charge in [0.15, 0.2) is 0 Å². The van der Waals surface area contributed by atoms with Gasteiger partial charge in [0.25, 0.3) is 5.91 Å². The Morgan fingerprint density at radius 3 is 2.33 bits per heavy atom. The van der Waals surface area contributed by atoms with E-state index in [0.29, 0.717) is 16.3 Å². The molecule has 0 heterocycles. The zero-order valence-electron chi connectivity index (χ0n) is 11.7. The van der Waals surface area contributed by atoms with Crippen molar-refractivity contribution >= 4 is 22.4 Å². The van der Waals surface area contributed by atoms with Gasteiger partial charge in [-0.15, -0.1) is 0 Å². The molecule has 0 atom stereocenters. The maximum Gasteiger partial charge on any atom is 0.282 e. The summed E-state index contributed by atoms with van der Waals surface area (Å²) in [4.78, 5) is 12.4. The van der Waals surface area contributed by atoms with E-state index in [0.717, 1.165) is 16.3 Å². The van der Waals surface area contributed by atoms with Gasteiger partial charge in [0.2, 0.25) is 0 Å². The van der Waals surface area contributed by atoms with E-state index in [-0.39, 0.29) is 0 Å². The van der Waals surface area contributed by atoms with Crippen LogP contribution in [0.1, 0.15) is 15.9 Å². The fourth-order valence-corrected chi connectivity index (χ4v) is 2.36. The zero-order valence-corrected chi connectivity index (χ0v) is 11.7. The molecule has 0 aliphatic rings. The van der Waals surface area contributed by atoms with Crippen LogP contribution in [0.5, 0.6) is 0 Å². The molecule has 0 unspecified atom stereocenters. The fourth-order valence-electron chi connectivity index (χ4n) is 2.36. The Labute approximate surface area is 123 Å². The average Bonchev–Trinajstić information content (AvgIpc) is 2.53. The van der Waals surface area contributed by atoms with Gasteiger partial charge < -0.3 is 0 Å². The van der Waals surface area contributed by atoms with Gasteiger partial charge in [-0.05, 0) is 41.5 Å². The highest BCUT2D eigenvalue weighted by atomic mass is 16.5. The summed E-state index contributed by atoms with van der Waals surface area (Å²) < 4.78 is 0. The van der Waals surface area contributed by atoms with Gasteiger partial charge in [0.1, 0.15) is 0 Å². The molecule has 21 heavy (non-hydrogen) atoms. The first-order chi connectivity index (χ1) is 10.2. The number of hydrogen-bond acceptors (Lipinski definition) is 2. The molecule has 0 aromatic heterocycles. The summed E-state index contributed by atoms with van der Waals surface area (Å²) in [5.41, 5.74) is 1.80. The molecule has 3 rings (SSSR count). The van der Waals surface area contributed by atoms with E-state index in [4.69, 9.17) is 0 Å². The van der Waals surface area contributed by atoms with Crippen LogP contribution in [-0.4, -0.2) is 11.1 Å². The van der Waals surface area contributed by atoms with Gasteiger partial charge in [-0.1, -0.05) is 48.5 Å². The number of amides is 1. The summed E-state index contributed by atoms with van der Waals surface area (Å²) in [6.07, 6.45) is 0. The first kappa shape index (κ1) is 13.3. The van der Waals surface area contributed by atoms with Crippen molar-refractivity contribution in [2.24, 2.45) is 0 Å². The average molecular weight is 277 g/mol. The fraction of sp³-hybridized carbons (Fsp3) is 0.0556. The van der Waals surface area contributed by atoms with E-state index in [2.05, 4.69) is 0 Å². The lowest BCUT2D eigenvalue weighted by atomic mass is 10.1. The standard InChI is InChI=1S/C18H15NO2/c1-13-6-2-5-9-17(13)19(21)18(20)16-11-10-14-7-3-4-8-15(14)12-16/h2-12,21H,1H3. The third kappa shape index (κ3) is 2.51. The van der Waals surface area contributed by atoms with Crippen molar-refractivity contribution in [3.05, 3.63) is 77.9 Å². The Balaban J connectivity index is 1.98. The summed E-state index contributed by atoms with van der Waals surface area (Å²) >= 11 is 0. The lowest BCUT2D eigenvalue weighted by Gasteiger charge is -2.17. The molecule has 0 radical (unpaired) electrons. The van der Waals surface area contributed by atoms with Gasteiger partial charge in [-0.25, -0.2) is 0 Å². The van der Waals surface area contributed by atoms with Gasteiger partial charge in [-0.2, -0.15) is 5.06 Å². The molecule has 3 heteroatoms. The molecule has 0 saturated carbocycles. The highest BCUT2D eigenvalue weighted by Gasteiger charge is 2.17. The van der Waals surface area contributed by atoms with Crippen molar-refractivity contribution in [2.45, 2.75) is 6.92 Å². The van der Waals surface area contributed by atoms with Gasteiger partial charge in [-0.3, -0.25) is 10.0 Å². The predicted molar refractivity (Wildman–Crippen MR) is 83.7 cm³/mol. The maximum atomic E-state index is 12.4. The lowest BCUT2D eigenvalue weighted by molar-refractivity contribution is 0.0854. The second kappa shape index (κ2) is 5.38. The molecule has 0 fully saturated rings. The number of carbonyl (C=O) groups is 1. The van der Waals surface area contributed by atoms with Crippen molar-refractivity contribution in [1.29, 1.82) is 0 Å². The summed E-state index contributed by atoms with van der Waals surface area (Å²) in [5, 5.41) is 12.9. The van der Waals surface area contributed by atoms with E-state index in [9.17, 15) is 10.0 Å². The molecule has 0 spiro atoms. The molecule has 0 aliphatic carbocycles. The number of carbonyl (C=O) groups excluding carboxylic acids is 1. The molecule has 0 saturated heterocycles. The molecule has 1 amide bonds. The molecule has 0 bridgehead atoms. The number of hydrogen-bond donors (Lipinski definition) is 1. The van der Waals surface area contributed by atoms with E-state index in [1.165, 1.54) is 0 Å². The first-order valence-electron chi connectivity index (χ1n) is 6.74. The second-order valence-corrected chi connectivity index (χ2v) is 4.97. The molecule has 3 nitrogen and oxygen atoms in total. The Hall–Kier alpha value is -2.65. The third-order valence-electron chi connectivity index (χ3n) is 3.53. The molecule has 3 aromatic carbocycles. The van der Waals surface area contributed by atoms with Gasteiger partial charge in [0.05, 0.1) is 5.69 Å². The van der Waals surface area contributed by atoms with E-state index < -0.39 is 5.91 Å². The molecule has 3 aromatic rings. The van der Waals surface area contributed by atoms with Crippen LogP contribution in [0.2, 0.25) is 0 Å². The molecule has 104 valence electrons. The van der Waals surface area contributed by atoms with Crippen molar-refractivity contribution in [1.82, 2.24) is 0 Å². The minimum absolute atomic E-state index is 0.435. The summed E-state index contributed by atoms with van der Waals surface area (Å²) in [7, 11) is 0. The van der Waals surface area contributed by atoms with Crippen LogP contribution in [0.15, 0.2) is 66.7 Å². The van der Waals surface area contributed by atoms with Crippen LogP contribution in [-0.2, 0) is 0 Å². The third-order valence-corrected chi connectivity index (χ3v) is 3.53. The Kier molecular flexibility index (Phi) is 3.42. The number of hydroxylamine groups is 1. The Morgan fingerprint density at radius 2 is 1.57 bits per heavy atom. The first-order valence-corrected chi connectivity index (χ1v) is 6.74. The summed E-state index contributed by atoms with van der Waals surface area (Å²) in [5.74, 6) is -0.435. The van der Waals surface area contributed by atoms with Crippen LogP contribution >= 0.6 is 0 Å². The number of aryl methyl sites for hydroxylation is 1. The number of fused-ring (bicyclic) bond motifs is 1. The highest BCUT2D eigenvalue weighted by Crippen LogP contribution is 2.21. The maximum absolute atomic E-state index is 12.4. The molecular formula is C18H15NO2. The monoisotopic (exact) mass is 277 g/mol. The summed E-state index contributed by atoms with van der Waals surface area (Å²) in [6, 6.07) is 20.4. The van der Waals surface area contributed by atoms with Crippen LogP contribution in [0.25, 0.3) is 10.8 Å². The van der Waals surface area contributed by atoms with Crippen LogP contribution in [0.3, 0.4) is 0 Å². The highest BCUT2D eigenvalue weighted by molar-refractivity contribution is 6.06. The van der Waals surface area contributed by atoms with Gasteiger partial charge in [0, 0.05) is 5.56 Å². The lowest BCUT2D eigenvalue weighted by Crippen LogP contribution is -2.27. The van der Waals surface area contributed by atoms with Crippen molar-refractivity contribution < 1.29 is 10.0 Å². The normalized spacial score (nSPS) is 10.6. The Morgan fingerprint density at radius 1 is 0.905 bits per heavy atom. The second-order valence-electron chi connectivity index (χ2n) is 4.97. The minimum Gasteiger partial charge on any atom is -0.281 e. The predicted octanol–water partition coefficient (Wildman–Crippen LogP) is 4.18. The smallest absolute Gasteiger partial charge is 0.281 e. The minimum atomic E-state index is -0.435. The number of benzene rings is 3. The topological polar surface area (TPSA) is 40.5 Å². The van der Waals surface area contributed by atoms with E-state index in [1.54, 1.807) is 24.3 Å². The van der Waals surface area contributed by atoms with Crippen LogP contribution < -0.4 is 5.06 Å². The summed E-state index contributed by atoms with van der Waals surface area (Å²) in [6.45, 7) is 1.85. The largest absolute Gasteiger partial charge is 0.282 e. The van der Waals surface area contributed by atoms with E-state index in [1.807, 2.05) is 49.4 Å². The van der Waals surface area contributed by atoms with E-state index >= 15 is 0 Å². The van der Waals surface area contributed by atoms with Crippen molar-refractivity contribution in [3.63, 3.8) is 0 Å². The number of rotatable bonds is 2. The molecule has 1 N–H and O–H groups in total. The zero-order chi connectivity index (χ0) is 14.8.